The molecule has 1 rings (SSSR count). The van der Waals surface area contributed by atoms with Crippen molar-refractivity contribution in [2.24, 2.45) is 5.92 Å². The van der Waals surface area contributed by atoms with E-state index in [1.807, 2.05) is 0 Å². The molecule has 6 heteroatoms. The molecule has 104 valence electrons. The van der Waals surface area contributed by atoms with Crippen molar-refractivity contribution in [1.82, 2.24) is 10.6 Å². The average Bonchev–Trinajstić information content (AvgIpc) is 3.16. The molecule has 1 aliphatic carbocycles. The van der Waals surface area contributed by atoms with Crippen molar-refractivity contribution in [3.8, 4) is 0 Å². The molecule has 0 saturated heterocycles. The van der Waals surface area contributed by atoms with Crippen molar-refractivity contribution >= 4 is 11.9 Å². The fourth-order valence-corrected chi connectivity index (χ4v) is 1.39. The molecule has 0 aliphatic heterocycles. The third-order valence-electron chi connectivity index (χ3n) is 2.50. The maximum absolute atomic E-state index is 11.3. The summed E-state index contributed by atoms with van der Waals surface area (Å²) in [5.41, 5.74) is 0. The van der Waals surface area contributed by atoms with Gasteiger partial charge in [-0.25, -0.2) is 4.79 Å². The Bertz CT molecular complexity index is 267. The number of esters is 1. The molecule has 2 N–H and O–H groups in total. The van der Waals surface area contributed by atoms with Gasteiger partial charge in [-0.2, -0.15) is 0 Å². The van der Waals surface area contributed by atoms with E-state index in [0.29, 0.717) is 32.8 Å². The van der Waals surface area contributed by atoms with Gasteiger partial charge in [0.25, 0.3) is 0 Å². The first kappa shape index (κ1) is 14.9. The van der Waals surface area contributed by atoms with Crippen LogP contribution in [-0.2, 0) is 19.1 Å². The fourth-order valence-electron chi connectivity index (χ4n) is 1.39. The van der Waals surface area contributed by atoms with E-state index in [2.05, 4.69) is 10.6 Å². The van der Waals surface area contributed by atoms with Gasteiger partial charge in [0, 0.05) is 25.6 Å². The number of ether oxygens (including phenoxy) is 2. The average molecular weight is 258 g/mol. The third-order valence-corrected chi connectivity index (χ3v) is 2.50. The second-order valence-corrected chi connectivity index (χ2v) is 4.17. The van der Waals surface area contributed by atoms with Gasteiger partial charge in [0.15, 0.2) is 0 Å². The van der Waals surface area contributed by atoms with Gasteiger partial charge < -0.3 is 20.1 Å². The summed E-state index contributed by atoms with van der Waals surface area (Å²) in [7, 11) is 0. The van der Waals surface area contributed by atoms with E-state index in [1.165, 1.54) is 0 Å². The Morgan fingerprint density at radius 2 is 2.00 bits per heavy atom. The van der Waals surface area contributed by atoms with E-state index < -0.39 is 0 Å². The Kier molecular flexibility index (Phi) is 7.36. The summed E-state index contributed by atoms with van der Waals surface area (Å²) >= 11 is 0. The van der Waals surface area contributed by atoms with Gasteiger partial charge in [-0.05, 0) is 19.8 Å². The van der Waals surface area contributed by atoms with E-state index in [-0.39, 0.29) is 24.4 Å². The summed E-state index contributed by atoms with van der Waals surface area (Å²) in [6.07, 6.45) is 2.06. The number of carbonyl (C=O) groups excluding carboxylic acids is 2. The monoisotopic (exact) mass is 258 g/mol. The van der Waals surface area contributed by atoms with E-state index in [9.17, 15) is 9.59 Å². The van der Waals surface area contributed by atoms with Crippen molar-refractivity contribution in [3.05, 3.63) is 0 Å². The Hall–Kier alpha value is -1.14. The van der Waals surface area contributed by atoms with Crippen molar-refractivity contribution in [2.75, 3.05) is 39.5 Å². The van der Waals surface area contributed by atoms with E-state index in [0.717, 1.165) is 12.8 Å². The zero-order chi connectivity index (χ0) is 13.2. The lowest BCUT2D eigenvalue weighted by molar-refractivity contribution is -0.148. The van der Waals surface area contributed by atoms with E-state index in [4.69, 9.17) is 9.47 Å². The Morgan fingerprint density at radius 3 is 2.67 bits per heavy atom. The van der Waals surface area contributed by atoms with Crippen LogP contribution in [-0.4, -0.2) is 51.3 Å². The molecule has 0 spiro atoms. The summed E-state index contributed by atoms with van der Waals surface area (Å²) in [5.74, 6) is 0.0856. The minimum absolute atomic E-state index is 0.00602. The Balaban J connectivity index is 1.78. The Morgan fingerprint density at radius 1 is 1.22 bits per heavy atom. The van der Waals surface area contributed by atoms with Crippen LogP contribution in [0.4, 0.5) is 0 Å². The van der Waals surface area contributed by atoms with Gasteiger partial charge in [-0.1, -0.05) is 0 Å². The number of hydrogen-bond donors (Lipinski definition) is 2. The van der Waals surface area contributed by atoms with E-state index >= 15 is 0 Å². The van der Waals surface area contributed by atoms with Crippen molar-refractivity contribution < 1.29 is 19.1 Å². The number of hydrogen-bond acceptors (Lipinski definition) is 5. The maximum atomic E-state index is 11.3. The smallest absolute Gasteiger partial charge is 0.332 e. The summed E-state index contributed by atoms with van der Waals surface area (Å²) in [4.78, 5) is 22.2. The molecular weight excluding hydrogens is 236 g/mol. The van der Waals surface area contributed by atoms with Crippen molar-refractivity contribution in [2.45, 2.75) is 19.8 Å². The largest absolute Gasteiger partial charge is 0.464 e. The van der Waals surface area contributed by atoms with Crippen LogP contribution in [0.15, 0.2) is 0 Å². The van der Waals surface area contributed by atoms with Crippen LogP contribution in [0.25, 0.3) is 0 Å². The first-order chi connectivity index (χ1) is 8.74. The van der Waals surface area contributed by atoms with Gasteiger partial charge in [0.1, 0.15) is 6.61 Å². The molecule has 1 aliphatic rings. The third kappa shape index (κ3) is 7.24. The number of amides is 1. The zero-order valence-corrected chi connectivity index (χ0v) is 10.9. The SMILES string of the molecule is CCOC(=O)COCCNCCNC(=O)C1CC1. The second kappa shape index (κ2) is 8.88. The molecule has 0 aromatic carbocycles. The molecule has 1 saturated carbocycles. The number of carbonyl (C=O) groups is 2. The van der Waals surface area contributed by atoms with Crippen molar-refractivity contribution in [3.63, 3.8) is 0 Å². The molecule has 18 heavy (non-hydrogen) atoms. The second-order valence-electron chi connectivity index (χ2n) is 4.17. The van der Waals surface area contributed by atoms with Crippen LogP contribution < -0.4 is 10.6 Å². The molecule has 0 bridgehead atoms. The minimum atomic E-state index is -0.339. The van der Waals surface area contributed by atoms with Gasteiger partial charge >= 0.3 is 5.97 Å². The molecular formula is C12H22N2O4. The first-order valence-corrected chi connectivity index (χ1v) is 6.45. The zero-order valence-electron chi connectivity index (χ0n) is 10.9. The minimum Gasteiger partial charge on any atom is -0.464 e. The molecule has 0 atom stereocenters. The normalized spacial score (nSPS) is 14.3. The summed E-state index contributed by atoms with van der Waals surface area (Å²) in [5, 5.41) is 5.97. The number of rotatable bonds is 10. The van der Waals surface area contributed by atoms with Crippen LogP contribution in [0.5, 0.6) is 0 Å². The number of nitrogens with one attached hydrogen (secondary N) is 2. The maximum Gasteiger partial charge on any atom is 0.332 e. The molecule has 1 amide bonds. The molecule has 0 heterocycles. The first-order valence-electron chi connectivity index (χ1n) is 6.45. The summed E-state index contributed by atoms with van der Waals surface area (Å²) in [6, 6.07) is 0. The Labute approximate surface area is 107 Å². The summed E-state index contributed by atoms with van der Waals surface area (Å²) in [6.45, 7) is 4.58. The van der Waals surface area contributed by atoms with Gasteiger partial charge in [0.05, 0.1) is 13.2 Å². The molecule has 0 unspecified atom stereocenters. The predicted octanol–water partition coefficient (Wildman–Crippen LogP) is -0.318. The van der Waals surface area contributed by atoms with Gasteiger partial charge in [-0.15, -0.1) is 0 Å². The van der Waals surface area contributed by atoms with Crippen LogP contribution in [0, 0.1) is 5.92 Å². The van der Waals surface area contributed by atoms with E-state index in [1.54, 1.807) is 6.92 Å². The molecule has 0 aromatic heterocycles. The van der Waals surface area contributed by atoms with Crippen LogP contribution in [0.1, 0.15) is 19.8 Å². The molecule has 1 fully saturated rings. The summed E-state index contributed by atoms with van der Waals surface area (Å²) < 4.78 is 9.81. The highest BCUT2D eigenvalue weighted by molar-refractivity contribution is 5.80. The molecule has 0 radical (unpaired) electrons. The quantitative estimate of drug-likeness (QED) is 0.415. The highest BCUT2D eigenvalue weighted by Gasteiger charge is 2.28. The fraction of sp³-hybridized carbons (Fsp3) is 0.833. The molecule has 6 nitrogen and oxygen atoms in total. The van der Waals surface area contributed by atoms with Gasteiger partial charge in [-0.3, -0.25) is 4.79 Å². The lowest BCUT2D eigenvalue weighted by atomic mass is 10.4. The van der Waals surface area contributed by atoms with Gasteiger partial charge in [0.2, 0.25) is 5.91 Å². The van der Waals surface area contributed by atoms with Crippen molar-refractivity contribution in [1.29, 1.82) is 0 Å². The van der Waals surface area contributed by atoms with Crippen LogP contribution in [0.3, 0.4) is 0 Å². The standard InChI is InChI=1S/C12H22N2O4/c1-2-18-11(15)9-17-8-7-13-5-6-14-12(16)10-3-4-10/h10,13H,2-9H2,1H3,(H,14,16). The molecule has 0 aromatic rings. The van der Waals surface area contributed by atoms with Crippen LogP contribution in [0.2, 0.25) is 0 Å². The lowest BCUT2D eigenvalue weighted by Gasteiger charge is -2.07. The highest BCUT2D eigenvalue weighted by atomic mass is 16.6. The highest BCUT2D eigenvalue weighted by Crippen LogP contribution is 2.28. The topological polar surface area (TPSA) is 76.7 Å². The lowest BCUT2D eigenvalue weighted by Crippen LogP contribution is -2.34. The predicted molar refractivity (Wildman–Crippen MR) is 66.1 cm³/mol. The van der Waals surface area contributed by atoms with Crippen LogP contribution >= 0.6 is 0 Å².